The number of nitrogens with one attached hydrogen (secondary N) is 2. The van der Waals surface area contributed by atoms with Crippen LogP contribution in [-0.4, -0.2) is 45.4 Å². The number of halogens is 3. The van der Waals surface area contributed by atoms with Gasteiger partial charge >= 0.3 is 6.18 Å². The van der Waals surface area contributed by atoms with Crippen molar-refractivity contribution < 1.29 is 22.8 Å². The summed E-state index contributed by atoms with van der Waals surface area (Å²) in [6.45, 7) is 8.61. The molecule has 0 atom stereocenters. The molecule has 4 rings (SSSR count). The number of nitrogens with zero attached hydrogens (tertiary/aromatic N) is 4. The van der Waals surface area contributed by atoms with Gasteiger partial charge in [-0.2, -0.15) is 18.4 Å². The molecule has 2 amide bonds. The van der Waals surface area contributed by atoms with Gasteiger partial charge < -0.3 is 15.2 Å². The van der Waals surface area contributed by atoms with Crippen molar-refractivity contribution in [1.29, 1.82) is 5.26 Å². The summed E-state index contributed by atoms with van der Waals surface area (Å²) in [5.74, 6) is -0.328. The molecule has 0 aliphatic carbocycles. The van der Waals surface area contributed by atoms with Gasteiger partial charge in [-0.25, -0.2) is 4.98 Å². The number of likely N-dealkylation sites (N-methyl/N-ethyl adjacent to an activating group) is 1. The van der Waals surface area contributed by atoms with Crippen LogP contribution < -0.4 is 10.6 Å². The van der Waals surface area contributed by atoms with Crippen molar-refractivity contribution in [3.63, 3.8) is 0 Å². The van der Waals surface area contributed by atoms with Crippen LogP contribution in [0.25, 0.3) is 22.2 Å². The molecule has 0 saturated carbocycles. The molecule has 0 spiro atoms. The molecule has 4 aromatic rings. The Hall–Kier alpha value is -4.95. The summed E-state index contributed by atoms with van der Waals surface area (Å²) < 4.78 is 44.2. The molecule has 8 nitrogen and oxygen atoms in total. The maximum atomic E-state index is 14.2. The molecule has 0 radical (unpaired) electrons. The number of carbonyl (C=O) groups excluding carboxylic acids is 2. The van der Waals surface area contributed by atoms with E-state index in [0.717, 1.165) is 6.07 Å². The molecule has 45 heavy (non-hydrogen) atoms. The number of hydrogen-bond donors (Lipinski definition) is 2. The number of aryl methyl sites for hydroxylation is 2. The van der Waals surface area contributed by atoms with Crippen molar-refractivity contribution in [3.05, 3.63) is 89.3 Å². The Morgan fingerprint density at radius 1 is 1.07 bits per heavy atom. The number of hydrogen-bond acceptors (Lipinski definition) is 5. The Morgan fingerprint density at radius 3 is 2.44 bits per heavy atom. The number of alkyl halides is 3. The van der Waals surface area contributed by atoms with Gasteiger partial charge in [0, 0.05) is 42.9 Å². The molecule has 2 N–H and O–H groups in total. The zero-order valence-corrected chi connectivity index (χ0v) is 26.0. The highest BCUT2D eigenvalue weighted by Crippen LogP contribution is 2.40. The van der Waals surface area contributed by atoms with Crippen molar-refractivity contribution >= 4 is 34.2 Å². The van der Waals surface area contributed by atoms with Crippen molar-refractivity contribution in [2.24, 2.45) is 7.05 Å². The molecule has 0 aliphatic rings. The quantitative estimate of drug-likeness (QED) is 0.204. The summed E-state index contributed by atoms with van der Waals surface area (Å²) in [6, 6.07) is 14.9. The SMILES string of the molecule is CCc1nc2cc(-c3cccc(NC(=O)c4ccc(NC(=O)/C=C/CN(C)C(C)(C)C)c(C#N)c4)c3)c(C(F)(F)F)cc2n1C. The average molecular weight is 617 g/mol. The van der Waals surface area contributed by atoms with E-state index < -0.39 is 23.6 Å². The van der Waals surface area contributed by atoms with E-state index in [1.807, 2.05) is 20.0 Å². The Bertz CT molecular complexity index is 1830. The van der Waals surface area contributed by atoms with Gasteiger partial charge in [-0.3, -0.25) is 14.5 Å². The van der Waals surface area contributed by atoms with Crippen LogP contribution in [0.15, 0.2) is 66.7 Å². The highest BCUT2D eigenvalue weighted by Gasteiger charge is 2.35. The number of carbonyl (C=O) groups is 2. The number of aromatic nitrogens is 2. The molecular weight excluding hydrogens is 581 g/mol. The highest BCUT2D eigenvalue weighted by molar-refractivity contribution is 6.06. The van der Waals surface area contributed by atoms with Gasteiger partial charge in [-0.1, -0.05) is 25.1 Å². The van der Waals surface area contributed by atoms with Crippen LogP contribution in [0.5, 0.6) is 0 Å². The molecule has 0 saturated heterocycles. The Labute approximate surface area is 260 Å². The third-order valence-electron chi connectivity index (χ3n) is 7.62. The average Bonchev–Trinajstić information content (AvgIpc) is 3.30. The molecule has 0 fully saturated rings. The van der Waals surface area contributed by atoms with Crippen molar-refractivity contribution in [2.75, 3.05) is 24.2 Å². The van der Waals surface area contributed by atoms with Crippen LogP contribution in [0.1, 0.15) is 55.0 Å². The number of benzene rings is 3. The lowest BCUT2D eigenvalue weighted by Gasteiger charge is -2.30. The van der Waals surface area contributed by atoms with E-state index >= 15 is 0 Å². The molecular formula is C34H35F3N6O2. The summed E-state index contributed by atoms with van der Waals surface area (Å²) in [7, 11) is 3.63. The van der Waals surface area contributed by atoms with E-state index in [1.165, 1.54) is 42.5 Å². The lowest BCUT2D eigenvalue weighted by Crippen LogP contribution is -2.38. The molecule has 1 heterocycles. The molecule has 11 heteroatoms. The van der Waals surface area contributed by atoms with E-state index in [-0.39, 0.29) is 39.2 Å². The highest BCUT2D eigenvalue weighted by atomic mass is 19.4. The van der Waals surface area contributed by atoms with Gasteiger partial charge in [0.2, 0.25) is 5.91 Å². The predicted molar refractivity (Wildman–Crippen MR) is 170 cm³/mol. The topological polar surface area (TPSA) is 103 Å². The van der Waals surface area contributed by atoms with E-state index in [4.69, 9.17) is 0 Å². The van der Waals surface area contributed by atoms with E-state index in [2.05, 4.69) is 41.3 Å². The molecule has 234 valence electrons. The largest absolute Gasteiger partial charge is 0.417 e. The second kappa shape index (κ2) is 13.0. The number of amides is 2. The van der Waals surface area contributed by atoms with Crippen LogP contribution >= 0.6 is 0 Å². The second-order valence-corrected chi connectivity index (χ2v) is 11.7. The first kappa shape index (κ1) is 33.0. The van der Waals surface area contributed by atoms with Crippen molar-refractivity contribution in [1.82, 2.24) is 14.5 Å². The Balaban J connectivity index is 1.55. The number of rotatable bonds is 8. The molecule has 1 aromatic heterocycles. The monoisotopic (exact) mass is 616 g/mol. The third-order valence-corrected chi connectivity index (χ3v) is 7.62. The number of anilines is 2. The standard InChI is InChI=1S/C34H35F3N6O2/c1-7-30-40-28-18-25(26(34(35,36)37)19-29(28)43(30)6)21-10-8-11-24(17-21)39-32(45)22-13-14-27(23(16-22)20-38)41-31(44)12-9-15-42(5)33(2,3)4/h8-14,16-19H,7,15H2,1-6H3,(H,39,45)(H,41,44)/b12-9+. The first-order chi connectivity index (χ1) is 21.1. The number of nitriles is 1. The predicted octanol–water partition coefficient (Wildman–Crippen LogP) is 7.17. The maximum Gasteiger partial charge on any atom is 0.417 e. The van der Waals surface area contributed by atoms with Crippen LogP contribution in [0.2, 0.25) is 0 Å². The van der Waals surface area contributed by atoms with E-state index in [1.54, 1.807) is 29.8 Å². The smallest absolute Gasteiger partial charge is 0.331 e. The third kappa shape index (κ3) is 7.59. The molecule has 0 bridgehead atoms. The fourth-order valence-corrected chi connectivity index (χ4v) is 4.70. The zero-order valence-electron chi connectivity index (χ0n) is 26.0. The fraction of sp³-hybridized carbons (Fsp3) is 0.294. The van der Waals surface area contributed by atoms with Crippen LogP contribution in [0, 0.1) is 11.3 Å². The van der Waals surface area contributed by atoms with E-state index in [0.29, 0.717) is 29.8 Å². The van der Waals surface area contributed by atoms with Crippen LogP contribution in [0.4, 0.5) is 24.5 Å². The summed E-state index contributed by atoms with van der Waals surface area (Å²) >= 11 is 0. The van der Waals surface area contributed by atoms with Gasteiger partial charge in [0.15, 0.2) is 0 Å². The summed E-state index contributed by atoms with van der Waals surface area (Å²) in [5.41, 5.74) is 0.863. The molecule has 3 aromatic carbocycles. The van der Waals surface area contributed by atoms with Crippen molar-refractivity contribution in [2.45, 2.75) is 45.8 Å². The van der Waals surface area contributed by atoms with Gasteiger partial charge in [-0.05, 0) is 81.4 Å². The number of fused-ring (bicyclic) bond motifs is 1. The second-order valence-electron chi connectivity index (χ2n) is 11.7. The molecule has 0 aliphatic heterocycles. The zero-order chi connectivity index (χ0) is 33.1. The minimum atomic E-state index is -4.62. The minimum Gasteiger partial charge on any atom is -0.331 e. The van der Waals surface area contributed by atoms with Crippen molar-refractivity contribution in [3.8, 4) is 17.2 Å². The summed E-state index contributed by atoms with van der Waals surface area (Å²) in [4.78, 5) is 32.1. The Morgan fingerprint density at radius 2 is 1.80 bits per heavy atom. The van der Waals surface area contributed by atoms with Crippen LogP contribution in [-0.2, 0) is 24.4 Å². The van der Waals surface area contributed by atoms with E-state index in [9.17, 15) is 28.0 Å². The Kier molecular flexibility index (Phi) is 9.49. The lowest BCUT2D eigenvalue weighted by molar-refractivity contribution is -0.137. The summed E-state index contributed by atoms with van der Waals surface area (Å²) in [5, 5.41) is 15.0. The molecule has 0 unspecified atom stereocenters. The van der Waals surface area contributed by atoms with Gasteiger partial charge in [0.05, 0.1) is 27.8 Å². The fourth-order valence-electron chi connectivity index (χ4n) is 4.70. The summed E-state index contributed by atoms with van der Waals surface area (Å²) in [6.07, 6.45) is -0.952. The lowest BCUT2D eigenvalue weighted by atomic mass is 9.97. The minimum absolute atomic E-state index is 0.0576. The maximum absolute atomic E-state index is 14.2. The van der Waals surface area contributed by atoms with Gasteiger partial charge in [0.25, 0.3) is 5.91 Å². The number of imidazole rings is 1. The van der Waals surface area contributed by atoms with Gasteiger partial charge in [0.1, 0.15) is 11.9 Å². The normalized spacial score (nSPS) is 12.1. The first-order valence-electron chi connectivity index (χ1n) is 14.3. The first-order valence-corrected chi connectivity index (χ1v) is 14.3. The van der Waals surface area contributed by atoms with Gasteiger partial charge in [-0.15, -0.1) is 0 Å². The van der Waals surface area contributed by atoms with Crippen LogP contribution in [0.3, 0.4) is 0 Å².